The van der Waals surface area contributed by atoms with E-state index in [1.807, 2.05) is 23.1 Å². The molecule has 4 rings (SSSR count). The molecule has 0 spiro atoms. The van der Waals surface area contributed by atoms with Gasteiger partial charge in [-0.1, -0.05) is 6.07 Å². The van der Waals surface area contributed by atoms with Crippen molar-refractivity contribution in [3.05, 3.63) is 23.8 Å². The molecule has 3 aliphatic heterocycles. The first-order valence-corrected chi connectivity index (χ1v) is 9.45. The maximum atomic E-state index is 12.4. The van der Waals surface area contributed by atoms with E-state index in [1.165, 1.54) is 25.9 Å². The van der Waals surface area contributed by atoms with Crippen LogP contribution in [-0.2, 0) is 6.42 Å². The molecule has 0 atom stereocenters. The van der Waals surface area contributed by atoms with Crippen LogP contribution in [-0.4, -0.2) is 61.4 Å². The second kappa shape index (κ2) is 7.52. The summed E-state index contributed by atoms with van der Waals surface area (Å²) >= 11 is 0. The minimum atomic E-state index is 0.0700. The Morgan fingerprint density at radius 3 is 2.64 bits per heavy atom. The largest absolute Gasteiger partial charge is 0.454 e. The van der Waals surface area contributed by atoms with Crippen molar-refractivity contribution in [2.24, 2.45) is 0 Å². The lowest BCUT2D eigenvalue weighted by atomic mass is 10.0. The molecule has 2 amide bonds. The highest BCUT2D eigenvalue weighted by Gasteiger charge is 2.28. The predicted octanol–water partition coefficient (Wildman–Crippen LogP) is 2.23. The Balaban J connectivity index is 1.19. The predicted molar refractivity (Wildman–Crippen MR) is 95.1 cm³/mol. The molecule has 3 heterocycles. The van der Waals surface area contributed by atoms with Crippen LogP contribution in [0.5, 0.6) is 11.5 Å². The monoisotopic (exact) mass is 345 g/mol. The van der Waals surface area contributed by atoms with E-state index < -0.39 is 0 Å². The van der Waals surface area contributed by atoms with Crippen LogP contribution in [0.1, 0.15) is 31.2 Å². The van der Waals surface area contributed by atoms with Crippen LogP contribution in [0, 0.1) is 0 Å². The first-order valence-electron chi connectivity index (χ1n) is 9.45. The number of fused-ring (bicyclic) bond motifs is 1. The number of rotatable bonds is 4. The molecular weight excluding hydrogens is 318 g/mol. The quantitative estimate of drug-likeness (QED) is 0.909. The summed E-state index contributed by atoms with van der Waals surface area (Å²) in [6.45, 7) is 5.17. The van der Waals surface area contributed by atoms with Gasteiger partial charge in [-0.25, -0.2) is 4.79 Å². The molecule has 1 N–H and O–H groups in total. The van der Waals surface area contributed by atoms with Crippen LogP contribution in [0.15, 0.2) is 18.2 Å². The highest BCUT2D eigenvalue weighted by atomic mass is 16.7. The average molecular weight is 345 g/mol. The molecule has 136 valence electrons. The SMILES string of the molecule is O=C(NCCc1ccc2c(c1)OCO2)N1CCC(N2CCCC2)CC1. The van der Waals surface area contributed by atoms with Crippen molar-refractivity contribution in [1.82, 2.24) is 15.1 Å². The molecule has 0 saturated carbocycles. The lowest BCUT2D eigenvalue weighted by Gasteiger charge is -2.36. The third kappa shape index (κ3) is 3.84. The first kappa shape index (κ1) is 16.5. The van der Waals surface area contributed by atoms with Gasteiger partial charge in [0.2, 0.25) is 6.79 Å². The number of amides is 2. The van der Waals surface area contributed by atoms with Crippen LogP contribution >= 0.6 is 0 Å². The zero-order chi connectivity index (χ0) is 17.1. The maximum absolute atomic E-state index is 12.4. The summed E-state index contributed by atoms with van der Waals surface area (Å²) in [5.74, 6) is 1.60. The normalized spacial score (nSPS) is 20.9. The second-order valence-corrected chi connectivity index (χ2v) is 7.13. The standard InChI is InChI=1S/C19H27N3O3/c23-19(22-11-6-16(7-12-22)21-9-1-2-10-21)20-8-5-15-3-4-17-18(13-15)25-14-24-17/h3-4,13,16H,1-2,5-12,14H2,(H,20,23). The highest BCUT2D eigenvalue weighted by molar-refractivity contribution is 5.74. The second-order valence-electron chi connectivity index (χ2n) is 7.13. The molecule has 0 unspecified atom stereocenters. The third-order valence-corrected chi connectivity index (χ3v) is 5.54. The lowest BCUT2D eigenvalue weighted by molar-refractivity contribution is 0.134. The Labute approximate surface area is 149 Å². The van der Waals surface area contributed by atoms with Gasteiger partial charge in [-0.3, -0.25) is 0 Å². The van der Waals surface area contributed by atoms with E-state index in [0.717, 1.165) is 49.4 Å². The van der Waals surface area contributed by atoms with E-state index in [4.69, 9.17) is 9.47 Å². The molecule has 2 fully saturated rings. The van der Waals surface area contributed by atoms with Gasteiger partial charge in [0.25, 0.3) is 0 Å². The molecule has 0 bridgehead atoms. The van der Waals surface area contributed by atoms with Crippen molar-refractivity contribution < 1.29 is 14.3 Å². The van der Waals surface area contributed by atoms with Gasteiger partial charge in [0.15, 0.2) is 11.5 Å². The van der Waals surface area contributed by atoms with Crippen LogP contribution in [0.2, 0.25) is 0 Å². The van der Waals surface area contributed by atoms with Crippen LogP contribution < -0.4 is 14.8 Å². The number of hydrogen-bond donors (Lipinski definition) is 1. The van der Waals surface area contributed by atoms with Gasteiger partial charge in [-0.05, 0) is 62.9 Å². The van der Waals surface area contributed by atoms with Crippen LogP contribution in [0.25, 0.3) is 0 Å². The molecule has 0 radical (unpaired) electrons. The minimum absolute atomic E-state index is 0.0700. The minimum Gasteiger partial charge on any atom is -0.454 e. The molecule has 6 heteroatoms. The van der Waals surface area contributed by atoms with E-state index in [1.54, 1.807) is 0 Å². The summed E-state index contributed by atoms with van der Waals surface area (Å²) in [5.41, 5.74) is 1.15. The number of ether oxygens (including phenoxy) is 2. The van der Waals surface area contributed by atoms with Gasteiger partial charge in [-0.15, -0.1) is 0 Å². The van der Waals surface area contributed by atoms with Crippen molar-refractivity contribution in [3.8, 4) is 11.5 Å². The fourth-order valence-electron chi connectivity index (χ4n) is 4.06. The summed E-state index contributed by atoms with van der Waals surface area (Å²) in [6.07, 6.45) is 5.68. The molecule has 6 nitrogen and oxygen atoms in total. The average Bonchev–Trinajstić information content (AvgIpc) is 3.33. The fourth-order valence-corrected chi connectivity index (χ4v) is 4.06. The number of likely N-dealkylation sites (tertiary alicyclic amines) is 2. The topological polar surface area (TPSA) is 54.0 Å². The first-order chi connectivity index (χ1) is 12.3. The summed E-state index contributed by atoms with van der Waals surface area (Å²) in [5, 5.41) is 3.05. The van der Waals surface area contributed by atoms with Gasteiger partial charge in [0, 0.05) is 25.7 Å². The van der Waals surface area contributed by atoms with Crippen molar-refractivity contribution in [2.45, 2.75) is 38.1 Å². The van der Waals surface area contributed by atoms with Gasteiger partial charge in [0.1, 0.15) is 0 Å². The van der Waals surface area contributed by atoms with Crippen LogP contribution in [0.3, 0.4) is 0 Å². The molecule has 3 aliphatic rings. The number of carbonyl (C=O) groups excluding carboxylic acids is 1. The van der Waals surface area contributed by atoms with Crippen molar-refractivity contribution >= 4 is 6.03 Å². The number of nitrogens with zero attached hydrogens (tertiary/aromatic N) is 2. The summed E-state index contributed by atoms with van der Waals surface area (Å²) in [6, 6.07) is 6.71. The number of nitrogens with one attached hydrogen (secondary N) is 1. The maximum Gasteiger partial charge on any atom is 0.317 e. The van der Waals surface area contributed by atoms with Crippen molar-refractivity contribution in [3.63, 3.8) is 0 Å². The van der Waals surface area contributed by atoms with E-state index >= 15 is 0 Å². The Morgan fingerprint density at radius 1 is 1.08 bits per heavy atom. The van der Waals surface area contributed by atoms with Gasteiger partial charge in [0.05, 0.1) is 0 Å². The van der Waals surface area contributed by atoms with Crippen molar-refractivity contribution in [2.75, 3.05) is 39.5 Å². The molecular formula is C19H27N3O3. The zero-order valence-corrected chi connectivity index (χ0v) is 14.7. The Bertz CT molecular complexity index is 608. The number of carbonyl (C=O) groups is 1. The van der Waals surface area contributed by atoms with Gasteiger partial charge in [-0.2, -0.15) is 0 Å². The Kier molecular flexibility index (Phi) is 4.97. The highest BCUT2D eigenvalue weighted by Crippen LogP contribution is 2.32. The summed E-state index contributed by atoms with van der Waals surface area (Å²) in [7, 11) is 0. The molecule has 0 aliphatic carbocycles. The Hall–Kier alpha value is -1.95. The lowest BCUT2D eigenvalue weighted by Crippen LogP contribution is -2.49. The van der Waals surface area contributed by atoms with E-state index in [2.05, 4.69) is 10.2 Å². The molecule has 0 aromatic heterocycles. The molecule has 1 aromatic rings. The fraction of sp³-hybridized carbons (Fsp3) is 0.632. The van der Waals surface area contributed by atoms with Gasteiger partial charge < -0.3 is 24.6 Å². The number of urea groups is 1. The molecule has 25 heavy (non-hydrogen) atoms. The van der Waals surface area contributed by atoms with E-state index in [9.17, 15) is 4.79 Å². The van der Waals surface area contributed by atoms with Crippen molar-refractivity contribution in [1.29, 1.82) is 0 Å². The van der Waals surface area contributed by atoms with Crippen LogP contribution in [0.4, 0.5) is 4.79 Å². The third-order valence-electron chi connectivity index (χ3n) is 5.54. The smallest absolute Gasteiger partial charge is 0.317 e. The van der Waals surface area contributed by atoms with Gasteiger partial charge >= 0.3 is 6.03 Å². The Morgan fingerprint density at radius 2 is 1.84 bits per heavy atom. The number of piperidine rings is 1. The summed E-state index contributed by atoms with van der Waals surface area (Å²) in [4.78, 5) is 16.9. The van der Waals surface area contributed by atoms with E-state index in [-0.39, 0.29) is 6.03 Å². The number of benzene rings is 1. The number of hydrogen-bond acceptors (Lipinski definition) is 4. The molecule has 1 aromatic carbocycles. The van der Waals surface area contributed by atoms with E-state index in [0.29, 0.717) is 19.4 Å². The zero-order valence-electron chi connectivity index (χ0n) is 14.7. The summed E-state index contributed by atoms with van der Waals surface area (Å²) < 4.78 is 10.7. The molecule has 2 saturated heterocycles.